The van der Waals surface area contributed by atoms with E-state index >= 15 is 0 Å². The van der Waals surface area contributed by atoms with Gasteiger partial charge in [0.05, 0.1) is 11.6 Å². The molecule has 4 aliphatic rings. The number of carbonyl (C=O) groups excluding carboxylic acids is 1. The summed E-state index contributed by atoms with van der Waals surface area (Å²) in [6.07, 6.45) is 5.92. The molecule has 1 aromatic carbocycles. The van der Waals surface area contributed by atoms with Gasteiger partial charge in [0.2, 0.25) is 5.91 Å². The highest BCUT2D eigenvalue weighted by atomic mass is 35.5. The Balaban J connectivity index is 1.34. The Labute approximate surface area is 173 Å². The van der Waals surface area contributed by atoms with Gasteiger partial charge < -0.3 is 10.4 Å². The van der Waals surface area contributed by atoms with E-state index in [1.54, 1.807) is 0 Å². The lowest BCUT2D eigenvalue weighted by molar-refractivity contribution is -0.148. The molecule has 0 spiro atoms. The summed E-state index contributed by atoms with van der Waals surface area (Å²) in [5.41, 5.74) is 0.776. The SMILES string of the molecule is CC(Cc1ccc(Cl)cc1)N(C)[C@@H](C)C(=O)NC1C2CC3CC1CC(O)(C3)C2. The average molecular weight is 405 g/mol. The molecule has 1 amide bonds. The van der Waals surface area contributed by atoms with Gasteiger partial charge in [-0.2, -0.15) is 0 Å². The number of rotatable bonds is 6. The maximum atomic E-state index is 13.0. The third-order valence-corrected chi connectivity index (χ3v) is 7.93. The summed E-state index contributed by atoms with van der Waals surface area (Å²) in [5, 5.41) is 14.9. The van der Waals surface area contributed by atoms with E-state index in [0.717, 1.165) is 30.7 Å². The average Bonchev–Trinajstić information content (AvgIpc) is 2.63. The van der Waals surface area contributed by atoms with E-state index in [9.17, 15) is 9.90 Å². The van der Waals surface area contributed by atoms with Crippen LogP contribution >= 0.6 is 11.6 Å². The maximum Gasteiger partial charge on any atom is 0.237 e. The van der Waals surface area contributed by atoms with Gasteiger partial charge in [-0.15, -0.1) is 0 Å². The summed E-state index contributed by atoms with van der Waals surface area (Å²) in [7, 11) is 2.03. The number of hydrogen-bond donors (Lipinski definition) is 2. The van der Waals surface area contributed by atoms with Gasteiger partial charge in [-0.25, -0.2) is 0 Å². The molecule has 154 valence electrons. The fourth-order valence-corrected chi connectivity index (χ4v) is 6.30. The molecule has 0 radical (unpaired) electrons. The van der Waals surface area contributed by atoms with Gasteiger partial charge in [0.25, 0.3) is 0 Å². The molecule has 4 atom stereocenters. The molecule has 2 N–H and O–H groups in total. The summed E-state index contributed by atoms with van der Waals surface area (Å²) >= 11 is 5.98. The molecule has 3 unspecified atom stereocenters. The highest BCUT2D eigenvalue weighted by Gasteiger charge is 2.55. The van der Waals surface area contributed by atoms with Crippen molar-refractivity contribution >= 4 is 17.5 Å². The topological polar surface area (TPSA) is 52.6 Å². The molecular weight excluding hydrogens is 372 g/mol. The van der Waals surface area contributed by atoms with Gasteiger partial charge in [0.1, 0.15) is 0 Å². The molecule has 0 saturated heterocycles. The van der Waals surface area contributed by atoms with Crippen molar-refractivity contribution in [1.29, 1.82) is 0 Å². The van der Waals surface area contributed by atoms with Crippen molar-refractivity contribution in [3.05, 3.63) is 34.9 Å². The monoisotopic (exact) mass is 404 g/mol. The first kappa shape index (κ1) is 20.2. The summed E-state index contributed by atoms with van der Waals surface area (Å²) in [4.78, 5) is 15.2. The van der Waals surface area contributed by atoms with E-state index in [2.05, 4.69) is 29.3 Å². The first-order chi connectivity index (χ1) is 13.2. The third kappa shape index (κ3) is 3.96. The van der Waals surface area contributed by atoms with Crippen LogP contribution in [0.4, 0.5) is 0 Å². The van der Waals surface area contributed by atoms with Crippen molar-refractivity contribution in [2.75, 3.05) is 7.05 Å². The summed E-state index contributed by atoms with van der Waals surface area (Å²) in [6.45, 7) is 4.16. The van der Waals surface area contributed by atoms with E-state index in [4.69, 9.17) is 11.6 Å². The first-order valence-electron chi connectivity index (χ1n) is 10.7. The Hall–Kier alpha value is -1.10. The minimum atomic E-state index is -0.451. The molecule has 0 aromatic heterocycles. The Kier molecular flexibility index (Phi) is 5.49. The van der Waals surface area contributed by atoms with Crippen LogP contribution in [0.1, 0.15) is 51.5 Å². The zero-order chi connectivity index (χ0) is 20.1. The van der Waals surface area contributed by atoms with Crippen LogP contribution in [-0.4, -0.2) is 46.7 Å². The second kappa shape index (κ2) is 7.62. The van der Waals surface area contributed by atoms with Crippen LogP contribution in [0.15, 0.2) is 24.3 Å². The number of carbonyl (C=O) groups is 1. The van der Waals surface area contributed by atoms with Gasteiger partial charge in [-0.05, 0) is 94.9 Å². The van der Waals surface area contributed by atoms with Crippen molar-refractivity contribution in [2.45, 2.75) is 76.1 Å². The number of nitrogens with zero attached hydrogens (tertiary/aromatic N) is 1. The Morgan fingerprint density at radius 1 is 1.21 bits per heavy atom. The van der Waals surface area contributed by atoms with E-state index in [-0.39, 0.29) is 24.0 Å². The molecular formula is C23H33ClN2O2. The summed E-state index contributed by atoms with van der Waals surface area (Å²) < 4.78 is 0. The third-order valence-electron chi connectivity index (χ3n) is 7.68. The molecule has 4 aliphatic carbocycles. The second-order valence-electron chi connectivity index (χ2n) is 9.75. The van der Waals surface area contributed by atoms with Crippen LogP contribution in [0.3, 0.4) is 0 Å². The number of amides is 1. The lowest BCUT2D eigenvalue weighted by atomic mass is 9.52. The number of hydrogen-bond acceptors (Lipinski definition) is 3. The van der Waals surface area contributed by atoms with Crippen molar-refractivity contribution in [1.82, 2.24) is 10.2 Å². The number of likely N-dealkylation sites (N-methyl/N-ethyl adjacent to an activating group) is 1. The molecule has 0 heterocycles. The zero-order valence-electron chi connectivity index (χ0n) is 17.2. The Morgan fingerprint density at radius 3 is 2.39 bits per heavy atom. The smallest absolute Gasteiger partial charge is 0.237 e. The van der Waals surface area contributed by atoms with Crippen LogP contribution in [0.2, 0.25) is 5.02 Å². The van der Waals surface area contributed by atoms with Gasteiger partial charge >= 0.3 is 0 Å². The van der Waals surface area contributed by atoms with Gasteiger partial charge in [0, 0.05) is 17.1 Å². The summed E-state index contributed by atoms with van der Waals surface area (Å²) in [6, 6.07) is 8.25. The Morgan fingerprint density at radius 2 is 1.82 bits per heavy atom. The van der Waals surface area contributed by atoms with Crippen LogP contribution in [-0.2, 0) is 11.2 Å². The Bertz CT molecular complexity index is 706. The maximum absolute atomic E-state index is 13.0. The number of halogens is 1. The molecule has 4 saturated carbocycles. The normalized spacial score (nSPS) is 35.8. The van der Waals surface area contributed by atoms with Crippen LogP contribution in [0.5, 0.6) is 0 Å². The number of nitrogens with one attached hydrogen (secondary N) is 1. The van der Waals surface area contributed by atoms with E-state index in [1.807, 2.05) is 26.1 Å². The van der Waals surface area contributed by atoms with E-state index < -0.39 is 5.60 Å². The van der Waals surface area contributed by atoms with Crippen molar-refractivity contribution in [3.8, 4) is 0 Å². The minimum absolute atomic E-state index is 0.120. The van der Waals surface area contributed by atoms with Gasteiger partial charge in [0.15, 0.2) is 0 Å². The van der Waals surface area contributed by atoms with Crippen molar-refractivity contribution in [2.24, 2.45) is 17.8 Å². The largest absolute Gasteiger partial charge is 0.390 e. The van der Waals surface area contributed by atoms with Crippen LogP contribution in [0, 0.1) is 17.8 Å². The quantitative estimate of drug-likeness (QED) is 0.760. The lowest BCUT2D eigenvalue weighted by Gasteiger charge is -2.58. The molecule has 1 aromatic rings. The van der Waals surface area contributed by atoms with Gasteiger partial charge in [-0.3, -0.25) is 9.69 Å². The predicted molar refractivity (Wildman–Crippen MR) is 112 cm³/mol. The molecule has 4 bridgehead atoms. The number of benzene rings is 1. The van der Waals surface area contributed by atoms with Crippen molar-refractivity contribution < 1.29 is 9.90 Å². The molecule has 5 rings (SSSR count). The number of aliphatic hydroxyl groups is 1. The minimum Gasteiger partial charge on any atom is -0.390 e. The molecule has 4 nitrogen and oxygen atoms in total. The van der Waals surface area contributed by atoms with Crippen LogP contribution in [0.25, 0.3) is 0 Å². The molecule has 0 aliphatic heterocycles. The predicted octanol–water partition coefficient (Wildman–Crippen LogP) is 3.65. The van der Waals surface area contributed by atoms with E-state index in [0.29, 0.717) is 17.8 Å². The van der Waals surface area contributed by atoms with Crippen molar-refractivity contribution in [3.63, 3.8) is 0 Å². The second-order valence-corrected chi connectivity index (χ2v) is 10.2. The first-order valence-corrected chi connectivity index (χ1v) is 11.1. The summed E-state index contributed by atoms with van der Waals surface area (Å²) in [5.74, 6) is 1.68. The fourth-order valence-electron chi connectivity index (χ4n) is 6.17. The molecule has 5 heteroatoms. The highest BCUT2D eigenvalue weighted by molar-refractivity contribution is 6.30. The van der Waals surface area contributed by atoms with Crippen LogP contribution < -0.4 is 5.32 Å². The molecule has 28 heavy (non-hydrogen) atoms. The molecule has 4 fully saturated rings. The lowest BCUT2D eigenvalue weighted by Crippen LogP contribution is -2.63. The fraction of sp³-hybridized carbons (Fsp3) is 0.696. The van der Waals surface area contributed by atoms with Gasteiger partial charge in [-0.1, -0.05) is 23.7 Å². The standard InChI is InChI=1S/C23H33ClN2O2/c1-14(8-16-4-6-20(24)7-5-16)26(3)15(2)22(27)25-21-18-9-17-10-19(21)13-23(28,11-17)12-18/h4-7,14-15,17-19,21,28H,8-13H2,1-3H3,(H,25,27)/t14?,15-,17?,18?,19?,21?,23?/m0/s1. The highest BCUT2D eigenvalue weighted by Crippen LogP contribution is 2.55. The van der Waals surface area contributed by atoms with E-state index in [1.165, 1.54) is 18.4 Å². The zero-order valence-corrected chi connectivity index (χ0v) is 18.0.